The minimum atomic E-state index is -0.545. The first-order valence-electron chi connectivity index (χ1n) is 6.65. The lowest BCUT2D eigenvalue weighted by Crippen LogP contribution is -2.17. The van der Waals surface area contributed by atoms with E-state index in [1.165, 1.54) is 24.4 Å². The number of amides is 1. The zero-order valence-corrected chi connectivity index (χ0v) is 11.9. The molecule has 114 valence electrons. The molecule has 0 aliphatic carbocycles. The van der Waals surface area contributed by atoms with Crippen LogP contribution in [0.5, 0.6) is 11.5 Å². The number of phenols is 1. The lowest BCUT2D eigenvalue weighted by Gasteiger charge is -2.07. The van der Waals surface area contributed by atoms with Crippen molar-refractivity contribution in [2.45, 2.75) is 6.92 Å². The Morgan fingerprint density at radius 2 is 2.14 bits per heavy atom. The first kappa shape index (κ1) is 15.5. The molecule has 0 aliphatic heterocycles. The molecular weight excluding hydrogens is 287 g/mol. The van der Waals surface area contributed by atoms with Gasteiger partial charge in [0.15, 0.2) is 11.5 Å². The molecule has 0 radical (unpaired) electrons. The van der Waals surface area contributed by atoms with Crippen LogP contribution in [0.4, 0.5) is 4.39 Å². The van der Waals surface area contributed by atoms with Gasteiger partial charge in [0, 0.05) is 11.1 Å². The zero-order chi connectivity index (χ0) is 15.9. The standard InChI is InChI=1S/C16H15FN2O3/c1-2-22-14-8-4-6-12(15(14)20)10-18-19-16(21)11-5-3-7-13(17)9-11/h3-10,20H,2H2,1H3,(H,19,21)/b18-10-. The molecule has 0 aliphatic rings. The number of benzene rings is 2. The SMILES string of the molecule is CCOc1cccc(/C=N\NC(=O)c2cccc(F)c2)c1O. The van der Waals surface area contributed by atoms with Crippen molar-refractivity contribution in [3.8, 4) is 11.5 Å². The second-order valence-corrected chi connectivity index (χ2v) is 4.34. The van der Waals surface area contributed by atoms with Gasteiger partial charge in [0.1, 0.15) is 5.82 Å². The molecule has 22 heavy (non-hydrogen) atoms. The maximum absolute atomic E-state index is 13.0. The normalized spacial score (nSPS) is 10.6. The molecule has 0 saturated carbocycles. The van der Waals surface area contributed by atoms with Crippen LogP contribution in [0.25, 0.3) is 0 Å². The highest BCUT2D eigenvalue weighted by Crippen LogP contribution is 2.28. The molecule has 0 unspecified atom stereocenters. The molecule has 0 bridgehead atoms. The number of nitrogens with zero attached hydrogens (tertiary/aromatic N) is 1. The minimum Gasteiger partial charge on any atom is -0.504 e. The highest BCUT2D eigenvalue weighted by Gasteiger charge is 2.07. The van der Waals surface area contributed by atoms with Crippen LogP contribution in [-0.2, 0) is 0 Å². The van der Waals surface area contributed by atoms with Crippen molar-refractivity contribution in [2.75, 3.05) is 6.61 Å². The number of aromatic hydroxyl groups is 1. The van der Waals surface area contributed by atoms with Crippen molar-refractivity contribution in [3.63, 3.8) is 0 Å². The van der Waals surface area contributed by atoms with Crippen LogP contribution >= 0.6 is 0 Å². The molecule has 0 fully saturated rings. The van der Waals surface area contributed by atoms with E-state index in [2.05, 4.69) is 10.5 Å². The number of carbonyl (C=O) groups excluding carboxylic acids is 1. The van der Waals surface area contributed by atoms with E-state index in [-0.39, 0.29) is 11.3 Å². The molecular formula is C16H15FN2O3. The van der Waals surface area contributed by atoms with Crippen molar-refractivity contribution in [1.82, 2.24) is 5.43 Å². The summed E-state index contributed by atoms with van der Waals surface area (Å²) in [5.74, 6) is -0.772. The van der Waals surface area contributed by atoms with Crippen LogP contribution < -0.4 is 10.2 Å². The Hall–Kier alpha value is -2.89. The van der Waals surface area contributed by atoms with Gasteiger partial charge >= 0.3 is 0 Å². The third kappa shape index (κ3) is 3.82. The van der Waals surface area contributed by atoms with E-state index in [4.69, 9.17) is 4.74 Å². The van der Waals surface area contributed by atoms with Crippen molar-refractivity contribution in [2.24, 2.45) is 5.10 Å². The molecule has 0 saturated heterocycles. The molecule has 1 amide bonds. The van der Waals surface area contributed by atoms with E-state index in [1.54, 1.807) is 25.1 Å². The number of carbonyl (C=O) groups is 1. The first-order valence-corrected chi connectivity index (χ1v) is 6.65. The number of nitrogens with one attached hydrogen (secondary N) is 1. The molecule has 6 heteroatoms. The number of rotatable bonds is 5. The summed E-state index contributed by atoms with van der Waals surface area (Å²) >= 11 is 0. The fourth-order valence-electron chi connectivity index (χ4n) is 1.77. The molecule has 2 aromatic rings. The average molecular weight is 302 g/mol. The lowest BCUT2D eigenvalue weighted by molar-refractivity contribution is 0.0954. The van der Waals surface area contributed by atoms with Gasteiger partial charge in [-0.15, -0.1) is 0 Å². The average Bonchev–Trinajstić information content (AvgIpc) is 2.51. The number of hydrogen-bond acceptors (Lipinski definition) is 4. The maximum Gasteiger partial charge on any atom is 0.271 e. The predicted molar refractivity (Wildman–Crippen MR) is 80.7 cm³/mol. The van der Waals surface area contributed by atoms with Crippen LogP contribution in [-0.4, -0.2) is 23.8 Å². The lowest BCUT2D eigenvalue weighted by atomic mass is 10.2. The largest absolute Gasteiger partial charge is 0.504 e. The predicted octanol–water partition coefficient (Wildman–Crippen LogP) is 2.69. The van der Waals surface area contributed by atoms with E-state index in [1.807, 2.05) is 0 Å². The van der Waals surface area contributed by atoms with E-state index < -0.39 is 11.7 Å². The van der Waals surface area contributed by atoms with Gasteiger partial charge in [-0.3, -0.25) is 4.79 Å². The smallest absolute Gasteiger partial charge is 0.271 e. The van der Waals surface area contributed by atoms with Gasteiger partial charge in [-0.2, -0.15) is 5.10 Å². The molecule has 2 N–H and O–H groups in total. The summed E-state index contributed by atoms with van der Waals surface area (Å²) in [6, 6.07) is 10.2. The molecule has 0 heterocycles. The summed E-state index contributed by atoms with van der Waals surface area (Å²) in [7, 11) is 0. The first-order chi connectivity index (χ1) is 10.6. The molecule has 0 spiro atoms. The van der Waals surface area contributed by atoms with Crippen LogP contribution in [0.2, 0.25) is 0 Å². The van der Waals surface area contributed by atoms with Crippen LogP contribution in [0.15, 0.2) is 47.6 Å². The Labute approximate surface area is 127 Å². The molecule has 0 aromatic heterocycles. The van der Waals surface area contributed by atoms with Crippen LogP contribution in [0.3, 0.4) is 0 Å². The van der Waals surface area contributed by atoms with E-state index >= 15 is 0 Å². The highest BCUT2D eigenvalue weighted by atomic mass is 19.1. The van der Waals surface area contributed by atoms with E-state index in [9.17, 15) is 14.3 Å². The summed E-state index contributed by atoms with van der Waals surface area (Å²) in [5.41, 5.74) is 2.82. The van der Waals surface area contributed by atoms with Crippen molar-refractivity contribution >= 4 is 12.1 Å². The quantitative estimate of drug-likeness (QED) is 0.659. The van der Waals surface area contributed by atoms with Gasteiger partial charge < -0.3 is 9.84 Å². The number of hydrazone groups is 1. The third-order valence-electron chi connectivity index (χ3n) is 2.79. The molecule has 5 nitrogen and oxygen atoms in total. The van der Waals surface area contributed by atoms with Gasteiger partial charge in [0.05, 0.1) is 12.8 Å². The second kappa shape index (κ2) is 7.21. The summed E-state index contributed by atoms with van der Waals surface area (Å²) in [4.78, 5) is 11.8. The fourth-order valence-corrected chi connectivity index (χ4v) is 1.77. The van der Waals surface area contributed by atoms with Gasteiger partial charge in [-0.1, -0.05) is 12.1 Å². The summed E-state index contributed by atoms with van der Waals surface area (Å²) < 4.78 is 18.3. The topological polar surface area (TPSA) is 70.9 Å². The number of ether oxygens (including phenoxy) is 1. The Balaban J connectivity index is 2.07. The van der Waals surface area contributed by atoms with Gasteiger partial charge in [-0.25, -0.2) is 9.82 Å². The minimum absolute atomic E-state index is 0.0619. The number of hydrogen-bond donors (Lipinski definition) is 2. The van der Waals surface area contributed by atoms with Gasteiger partial charge in [0.2, 0.25) is 0 Å². The second-order valence-electron chi connectivity index (χ2n) is 4.34. The van der Waals surface area contributed by atoms with E-state index in [0.29, 0.717) is 17.9 Å². The fraction of sp³-hybridized carbons (Fsp3) is 0.125. The Morgan fingerprint density at radius 3 is 2.86 bits per heavy atom. The zero-order valence-electron chi connectivity index (χ0n) is 11.9. The van der Waals surface area contributed by atoms with Crippen molar-refractivity contribution in [1.29, 1.82) is 0 Å². The van der Waals surface area contributed by atoms with Crippen molar-refractivity contribution < 1.29 is 19.0 Å². The van der Waals surface area contributed by atoms with Crippen LogP contribution in [0.1, 0.15) is 22.8 Å². The van der Waals surface area contributed by atoms with Gasteiger partial charge in [-0.05, 0) is 37.3 Å². The summed E-state index contributed by atoms with van der Waals surface area (Å²) in [6.07, 6.45) is 1.29. The highest BCUT2D eigenvalue weighted by molar-refractivity contribution is 5.95. The van der Waals surface area contributed by atoms with Crippen LogP contribution in [0, 0.1) is 5.82 Å². The number of para-hydroxylation sites is 1. The molecule has 2 aromatic carbocycles. The number of halogens is 1. The Morgan fingerprint density at radius 1 is 1.36 bits per heavy atom. The molecule has 2 rings (SSSR count). The Kier molecular flexibility index (Phi) is 5.08. The Bertz CT molecular complexity index is 702. The number of phenolic OH excluding ortho intramolecular Hbond substituents is 1. The van der Waals surface area contributed by atoms with Crippen molar-refractivity contribution in [3.05, 3.63) is 59.4 Å². The van der Waals surface area contributed by atoms with E-state index in [0.717, 1.165) is 6.07 Å². The summed E-state index contributed by atoms with van der Waals surface area (Å²) in [5, 5.41) is 13.7. The molecule has 0 atom stereocenters. The maximum atomic E-state index is 13.0. The van der Waals surface area contributed by atoms with Gasteiger partial charge in [0.25, 0.3) is 5.91 Å². The monoisotopic (exact) mass is 302 g/mol. The summed E-state index contributed by atoms with van der Waals surface area (Å²) in [6.45, 7) is 2.23. The third-order valence-corrected chi connectivity index (χ3v) is 2.79.